The van der Waals surface area contributed by atoms with E-state index in [9.17, 15) is 4.79 Å². The predicted octanol–water partition coefficient (Wildman–Crippen LogP) is 1.67. The lowest BCUT2D eigenvalue weighted by atomic mass is 9.99. The molecule has 0 aromatic carbocycles. The summed E-state index contributed by atoms with van der Waals surface area (Å²) in [4.78, 5) is 12.2. The van der Waals surface area contributed by atoms with E-state index in [1.807, 2.05) is 20.8 Å². The number of hydrogen-bond acceptors (Lipinski definition) is 3. The van der Waals surface area contributed by atoms with Gasteiger partial charge in [0.05, 0.1) is 5.54 Å². The molecule has 1 rings (SSSR count). The van der Waals surface area contributed by atoms with Crippen LogP contribution >= 0.6 is 0 Å². The highest BCUT2D eigenvalue weighted by atomic mass is 16.2. The van der Waals surface area contributed by atoms with Crippen molar-refractivity contribution in [1.82, 2.24) is 15.8 Å². The van der Waals surface area contributed by atoms with Gasteiger partial charge in [-0.2, -0.15) is 0 Å². The Morgan fingerprint density at radius 1 is 1.29 bits per heavy atom. The van der Waals surface area contributed by atoms with Gasteiger partial charge in [0.1, 0.15) is 0 Å². The average Bonchev–Trinajstić information content (AvgIpc) is 2.23. The summed E-state index contributed by atoms with van der Waals surface area (Å²) in [5, 5.41) is 5.32. The van der Waals surface area contributed by atoms with Crippen LogP contribution in [0.15, 0.2) is 0 Å². The molecule has 4 heteroatoms. The predicted molar refractivity (Wildman–Crippen MR) is 70.5 cm³/mol. The molecular formula is C13H27N3O. The van der Waals surface area contributed by atoms with Gasteiger partial charge in [0.25, 0.3) is 5.91 Å². The van der Waals surface area contributed by atoms with Gasteiger partial charge in [-0.15, -0.1) is 0 Å². The normalized spacial score (nSPS) is 26.9. The minimum atomic E-state index is -0.508. The molecule has 0 aromatic heterocycles. The van der Waals surface area contributed by atoms with E-state index < -0.39 is 5.54 Å². The number of rotatable bonds is 4. The summed E-state index contributed by atoms with van der Waals surface area (Å²) in [5.74, 6) is 0.0555. The second kappa shape index (κ2) is 5.83. The number of nitrogens with one attached hydrogen (secondary N) is 2. The van der Waals surface area contributed by atoms with Crippen LogP contribution in [0.1, 0.15) is 53.9 Å². The quantitative estimate of drug-likeness (QED) is 0.787. The van der Waals surface area contributed by atoms with E-state index in [1.54, 1.807) is 0 Å². The second-order valence-corrected chi connectivity index (χ2v) is 5.63. The number of piperidine rings is 1. The van der Waals surface area contributed by atoms with Gasteiger partial charge in [0, 0.05) is 12.1 Å². The van der Waals surface area contributed by atoms with E-state index in [4.69, 9.17) is 0 Å². The van der Waals surface area contributed by atoms with Gasteiger partial charge >= 0.3 is 0 Å². The summed E-state index contributed by atoms with van der Waals surface area (Å²) < 4.78 is 0. The molecule has 0 saturated carbocycles. The zero-order valence-corrected chi connectivity index (χ0v) is 11.8. The van der Waals surface area contributed by atoms with Crippen molar-refractivity contribution < 1.29 is 4.79 Å². The third-order valence-corrected chi connectivity index (χ3v) is 3.61. The fraction of sp³-hybridized carbons (Fsp3) is 0.923. The first-order valence-electron chi connectivity index (χ1n) is 6.73. The maximum absolute atomic E-state index is 12.2. The summed E-state index contributed by atoms with van der Waals surface area (Å²) in [5.41, 5.74) is 2.57. The molecule has 0 aromatic rings. The SMILES string of the molecule is CCNC(C)(C)C(=O)NN1C(C)CCCC1C. The van der Waals surface area contributed by atoms with Crippen LogP contribution in [-0.2, 0) is 4.79 Å². The molecular weight excluding hydrogens is 214 g/mol. The molecule has 1 fully saturated rings. The Bertz CT molecular complexity index is 255. The molecule has 100 valence electrons. The van der Waals surface area contributed by atoms with Crippen molar-refractivity contribution in [3.63, 3.8) is 0 Å². The Balaban J connectivity index is 2.60. The smallest absolute Gasteiger partial charge is 0.254 e. The van der Waals surface area contributed by atoms with Crippen LogP contribution in [0.25, 0.3) is 0 Å². The standard InChI is InChI=1S/C13H27N3O/c1-6-14-13(4,5)12(17)15-16-10(2)8-7-9-11(16)3/h10-11,14H,6-9H2,1-5H3,(H,15,17). The highest BCUT2D eigenvalue weighted by Crippen LogP contribution is 2.20. The topological polar surface area (TPSA) is 44.4 Å². The number of hydrogen-bond donors (Lipinski definition) is 2. The van der Waals surface area contributed by atoms with Gasteiger partial charge in [-0.1, -0.05) is 13.3 Å². The van der Waals surface area contributed by atoms with Gasteiger partial charge in [-0.05, 0) is 47.1 Å². The molecule has 17 heavy (non-hydrogen) atoms. The van der Waals surface area contributed by atoms with Crippen molar-refractivity contribution in [2.24, 2.45) is 0 Å². The van der Waals surface area contributed by atoms with Gasteiger partial charge in [-0.3, -0.25) is 10.2 Å². The summed E-state index contributed by atoms with van der Waals surface area (Å²) in [6, 6.07) is 0.861. The Morgan fingerprint density at radius 3 is 2.29 bits per heavy atom. The maximum atomic E-state index is 12.2. The van der Waals surface area contributed by atoms with Gasteiger partial charge in [0.15, 0.2) is 0 Å². The third-order valence-electron chi connectivity index (χ3n) is 3.61. The van der Waals surface area contributed by atoms with Crippen molar-refractivity contribution in [2.45, 2.75) is 71.5 Å². The van der Waals surface area contributed by atoms with Crippen molar-refractivity contribution in [3.8, 4) is 0 Å². The van der Waals surface area contributed by atoms with E-state index in [-0.39, 0.29) is 5.91 Å². The first-order chi connectivity index (χ1) is 7.88. The monoisotopic (exact) mass is 241 g/mol. The third kappa shape index (κ3) is 3.68. The van der Waals surface area contributed by atoms with E-state index in [1.165, 1.54) is 6.42 Å². The first-order valence-corrected chi connectivity index (χ1v) is 6.73. The molecule has 0 radical (unpaired) electrons. The molecule has 2 N–H and O–H groups in total. The highest BCUT2D eigenvalue weighted by molar-refractivity contribution is 5.85. The largest absolute Gasteiger partial charge is 0.304 e. The average molecular weight is 241 g/mol. The second-order valence-electron chi connectivity index (χ2n) is 5.63. The molecule has 1 aliphatic heterocycles. The Hall–Kier alpha value is -0.610. The lowest BCUT2D eigenvalue weighted by Gasteiger charge is -2.40. The van der Waals surface area contributed by atoms with Crippen LogP contribution in [0.4, 0.5) is 0 Å². The Labute approximate surface area is 105 Å². The lowest BCUT2D eigenvalue weighted by Crippen LogP contribution is -2.61. The molecule has 0 bridgehead atoms. The molecule has 0 aliphatic carbocycles. The number of nitrogens with zero attached hydrogens (tertiary/aromatic N) is 1. The zero-order valence-electron chi connectivity index (χ0n) is 11.8. The van der Waals surface area contributed by atoms with Crippen molar-refractivity contribution in [1.29, 1.82) is 0 Å². The first kappa shape index (κ1) is 14.5. The molecule has 1 aliphatic rings. The molecule has 0 spiro atoms. The van der Waals surface area contributed by atoms with E-state index in [2.05, 4.69) is 29.6 Å². The maximum Gasteiger partial charge on any atom is 0.254 e. The van der Waals surface area contributed by atoms with E-state index >= 15 is 0 Å². The summed E-state index contributed by atoms with van der Waals surface area (Å²) in [6.45, 7) is 11.0. The molecule has 2 unspecified atom stereocenters. The summed E-state index contributed by atoms with van der Waals surface area (Å²) in [7, 11) is 0. The fourth-order valence-electron chi connectivity index (χ4n) is 2.42. The van der Waals surface area contributed by atoms with Crippen molar-refractivity contribution in [2.75, 3.05) is 6.54 Å². The molecule has 1 amide bonds. The van der Waals surface area contributed by atoms with Crippen LogP contribution < -0.4 is 10.7 Å². The molecule has 4 nitrogen and oxygen atoms in total. The molecule has 1 heterocycles. The summed E-state index contributed by atoms with van der Waals surface area (Å²) in [6.07, 6.45) is 3.57. The number of hydrazine groups is 1. The van der Waals surface area contributed by atoms with Gasteiger partial charge < -0.3 is 5.32 Å². The molecule has 2 atom stereocenters. The minimum Gasteiger partial charge on any atom is -0.304 e. The van der Waals surface area contributed by atoms with Crippen molar-refractivity contribution in [3.05, 3.63) is 0 Å². The van der Waals surface area contributed by atoms with Crippen LogP contribution in [0.2, 0.25) is 0 Å². The van der Waals surface area contributed by atoms with Crippen LogP contribution in [0.3, 0.4) is 0 Å². The fourth-order valence-corrected chi connectivity index (χ4v) is 2.42. The van der Waals surface area contributed by atoms with Gasteiger partial charge in [0.2, 0.25) is 0 Å². The van der Waals surface area contributed by atoms with E-state index in [0.717, 1.165) is 19.4 Å². The lowest BCUT2D eigenvalue weighted by molar-refractivity contribution is -0.134. The zero-order chi connectivity index (χ0) is 13.1. The van der Waals surface area contributed by atoms with Crippen LogP contribution in [-0.4, -0.2) is 35.1 Å². The Kier molecular flexibility index (Phi) is 4.95. The number of amides is 1. The van der Waals surface area contributed by atoms with Gasteiger partial charge in [-0.25, -0.2) is 5.01 Å². The number of carbonyl (C=O) groups is 1. The summed E-state index contributed by atoms with van der Waals surface area (Å²) >= 11 is 0. The van der Waals surface area contributed by atoms with E-state index in [0.29, 0.717) is 12.1 Å². The number of carbonyl (C=O) groups excluding carboxylic acids is 1. The molecule has 1 saturated heterocycles. The minimum absolute atomic E-state index is 0.0555. The van der Waals surface area contributed by atoms with Crippen LogP contribution in [0, 0.1) is 0 Å². The highest BCUT2D eigenvalue weighted by Gasteiger charge is 2.32. The Morgan fingerprint density at radius 2 is 1.82 bits per heavy atom. The van der Waals surface area contributed by atoms with Crippen molar-refractivity contribution >= 4 is 5.91 Å². The number of likely N-dealkylation sites (N-methyl/N-ethyl adjacent to an activating group) is 1. The van der Waals surface area contributed by atoms with Crippen LogP contribution in [0.5, 0.6) is 0 Å².